The lowest BCUT2D eigenvalue weighted by atomic mass is 10.0. The SMILES string of the molecule is CCOc1cc(C=C(C#N)c2ccc(OC)c(OC)c2)cc(Br)c1OCCOc1ccc(C)cc1. The molecule has 0 amide bonds. The summed E-state index contributed by atoms with van der Waals surface area (Å²) in [4.78, 5) is 0. The van der Waals surface area contributed by atoms with E-state index in [1.807, 2.05) is 56.3 Å². The number of halogens is 1. The van der Waals surface area contributed by atoms with Crippen LogP contribution in [0.5, 0.6) is 28.7 Å². The molecule has 0 N–H and O–H groups in total. The highest BCUT2D eigenvalue weighted by molar-refractivity contribution is 9.10. The third-order valence-electron chi connectivity index (χ3n) is 5.08. The largest absolute Gasteiger partial charge is 0.493 e. The van der Waals surface area contributed by atoms with Gasteiger partial charge < -0.3 is 23.7 Å². The molecule has 0 bridgehead atoms. The summed E-state index contributed by atoms with van der Waals surface area (Å²) in [6, 6.07) is 19.2. The minimum absolute atomic E-state index is 0.344. The van der Waals surface area contributed by atoms with Gasteiger partial charge >= 0.3 is 0 Å². The minimum Gasteiger partial charge on any atom is -0.493 e. The molecule has 0 fully saturated rings. The molecule has 0 aliphatic rings. The second-order valence-corrected chi connectivity index (χ2v) is 8.37. The van der Waals surface area contributed by atoms with Crippen molar-refractivity contribution in [1.29, 1.82) is 5.26 Å². The predicted molar refractivity (Wildman–Crippen MR) is 141 cm³/mol. The zero-order valence-corrected chi connectivity index (χ0v) is 21.8. The van der Waals surface area contributed by atoms with Crippen LogP contribution < -0.4 is 23.7 Å². The molecule has 3 rings (SSSR count). The highest BCUT2D eigenvalue weighted by atomic mass is 79.9. The predicted octanol–water partition coefficient (Wildman–Crippen LogP) is 6.70. The minimum atomic E-state index is 0.344. The van der Waals surface area contributed by atoms with Crippen molar-refractivity contribution < 1.29 is 23.7 Å². The first-order valence-electron chi connectivity index (χ1n) is 11.1. The number of hydrogen-bond acceptors (Lipinski definition) is 6. The van der Waals surface area contributed by atoms with Gasteiger partial charge in [-0.3, -0.25) is 0 Å². The van der Waals surface area contributed by atoms with Crippen LogP contribution in [0.2, 0.25) is 0 Å². The van der Waals surface area contributed by atoms with E-state index in [1.54, 1.807) is 32.4 Å². The summed E-state index contributed by atoms with van der Waals surface area (Å²) in [6.45, 7) is 5.14. The molecule has 7 heteroatoms. The number of ether oxygens (including phenoxy) is 5. The second kappa shape index (κ2) is 12.7. The van der Waals surface area contributed by atoms with Crippen LogP contribution in [0.1, 0.15) is 23.6 Å². The van der Waals surface area contributed by atoms with Gasteiger partial charge in [-0.1, -0.05) is 17.7 Å². The zero-order chi connectivity index (χ0) is 25.2. The van der Waals surface area contributed by atoms with Crippen LogP contribution >= 0.6 is 15.9 Å². The van der Waals surface area contributed by atoms with Crippen LogP contribution in [0.15, 0.2) is 59.1 Å². The van der Waals surface area contributed by atoms with Crippen LogP contribution in [0, 0.1) is 18.3 Å². The summed E-state index contributed by atoms with van der Waals surface area (Å²) in [6.07, 6.45) is 1.79. The average Bonchev–Trinajstić information content (AvgIpc) is 2.87. The van der Waals surface area contributed by atoms with Crippen LogP contribution in [0.4, 0.5) is 0 Å². The van der Waals surface area contributed by atoms with Crippen molar-refractivity contribution in [2.24, 2.45) is 0 Å². The molecule has 0 heterocycles. The second-order valence-electron chi connectivity index (χ2n) is 7.51. The van der Waals surface area contributed by atoms with Crippen LogP contribution in [-0.4, -0.2) is 34.0 Å². The first-order chi connectivity index (χ1) is 17.0. The third-order valence-corrected chi connectivity index (χ3v) is 5.67. The molecule has 0 aliphatic heterocycles. The highest BCUT2D eigenvalue weighted by Crippen LogP contribution is 2.38. The summed E-state index contributed by atoms with van der Waals surface area (Å²) >= 11 is 3.59. The molecule has 0 unspecified atom stereocenters. The number of methoxy groups -OCH3 is 2. The number of nitrogens with zero attached hydrogens (tertiary/aromatic N) is 1. The Bertz CT molecular complexity index is 1220. The van der Waals surface area contributed by atoms with E-state index in [9.17, 15) is 5.26 Å². The highest BCUT2D eigenvalue weighted by Gasteiger charge is 2.14. The van der Waals surface area contributed by atoms with Crippen LogP contribution in [-0.2, 0) is 0 Å². The van der Waals surface area contributed by atoms with Gasteiger partial charge in [0.05, 0.1) is 36.9 Å². The normalized spacial score (nSPS) is 10.9. The average molecular weight is 538 g/mol. The first-order valence-corrected chi connectivity index (χ1v) is 11.9. The topological polar surface area (TPSA) is 69.9 Å². The molecule has 3 aromatic rings. The van der Waals surface area contributed by atoms with Gasteiger partial charge in [0.2, 0.25) is 0 Å². The lowest BCUT2D eigenvalue weighted by Gasteiger charge is -2.15. The molecule has 35 heavy (non-hydrogen) atoms. The molecular formula is C28H28BrNO5. The van der Waals surface area contributed by atoms with Crippen molar-refractivity contribution in [3.05, 3.63) is 75.8 Å². The van der Waals surface area contributed by atoms with Crippen molar-refractivity contribution in [2.75, 3.05) is 34.0 Å². The Kier molecular flexibility index (Phi) is 9.45. The Morgan fingerprint density at radius 2 is 1.60 bits per heavy atom. The van der Waals surface area contributed by atoms with Crippen molar-refractivity contribution in [2.45, 2.75) is 13.8 Å². The van der Waals surface area contributed by atoms with Gasteiger partial charge in [-0.25, -0.2) is 0 Å². The molecule has 182 valence electrons. The molecule has 0 atom stereocenters. The van der Waals surface area contributed by atoms with Gasteiger partial charge in [-0.2, -0.15) is 5.26 Å². The number of nitriles is 1. The summed E-state index contributed by atoms with van der Waals surface area (Å²) < 4.78 is 28.9. The molecule has 0 radical (unpaired) electrons. The fourth-order valence-electron chi connectivity index (χ4n) is 3.36. The van der Waals surface area contributed by atoms with Crippen LogP contribution in [0.3, 0.4) is 0 Å². The Morgan fingerprint density at radius 1 is 0.886 bits per heavy atom. The van der Waals surface area contributed by atoms with E-state index in [0.29, 0.717) is 54.0 Å². The van der Waals surface area contributed by atoms with E-state index in [2.05, 4.69) is 22.0 Å². The lowest BCUT2D eigenvalue weighted by Crippen LogP contribution is -2.10. The maximum Gasteiger partial charge on any atom is 0.175 e. The van der Waals surface area contributed by atoms with Gasteiger partial charge in [0, 0.05) is 0 Å². The first kappa shape index (κ1) is 26.0. The lowest BCUT2D eigenvalue weighted by molar-refractivity contribution is 0.207. The fourth-order valence-corrected chi connectivity index (χ4v) is 3.94. The van der Waals surface area contributed by atoms with E-state index < -0.39 is 0 Å². The summed E-state index contributed by atoms with van der Waals surface area (Å²) in [5.74, 6) is 3.11. The van der Waals surface area contributed by atoms with Crippen molar-refractivity contribution in [1.82, 2.24) is 0 Å². The fraction of sp³-hybridized carbons (Fsp3) is 0.250. The van der Waals surface area contributed by atoms with Crippen molar-refractivity contribution >= 4 is 27.6 Å². The molecule has 3 aromatic carbocycles. The number of hydrogen-bond donors (Lipinski definition) is 0. The molecule has 0 spiro atoms. The van der Waals surface area contributed by atoms with E-state index in [4.69, 9.17) is 23.7 Å². The Balaban J connectivity index is 1.80. The number of allylic oxidation sites excluding steroid dienone is 1. The molecule has 6 nitrogen and oxygen atoms in total. The van der Waals surface area contributed by atoms with Crippen molar-refractivity contribution in [3.8, 4) is 34.8 Å². The molecule has 0 aromatic heterocycles. The van der Waals surface area contributed by atoms with E-state index >= 15 is 0 Å². The maximum absolute atomic E-state index is 9.81. The number of rotatable bonds is 11. The van der Waals surface area contributed by atoms with E-state index in [1.165, 1.54) is 5.56 Å². The summed E-state index contributed by atoms with van der Waals surface area (Å²) in [7, 11) is 3.14. The Hall–Kier alpha value is -3.63. The van der Waals surface area contributed by atoms with Crippen LogP contribution in [0.25, 0.3) is 11.6 Å². The number of benzene rings is 3. The standard InChI is InChI=1S/C28H28BrNO5/c1-5-33-27-16-20(14-22(18-30)21-8-11-25(31-3)26(17-21)32-4)15-24(29)28(27)35-13-12-34-23-9-6-19(2)7-10-23/h6-11,14-17H,5,12-13H2,1-4H3. The molecule has 0 aliphatic carbocycles. The Labute approximate surface area is 214 Å². The number of aryl methyl sites for hydroxylation is 1. The third kappa shape index (κ3) is 6.93. The Morgan fingerprint density at radius 3 is 2.26 bits per heavy atom. The van der Waals surface area contributed by atoms with E-state index in [0.717, 1.165) is 15.8 Å². The van der Waals surface area contributed by atoms with Gasteiger partial charge in [0.15, 0.2) is 23.0 Å². The quantitative estimate of drug-likeness (QED) is 0.154. The van der Waals surface area contributed by atoms with Gasteiger partial charge in [-0.15, -0.1) is 0 Å². The summed E-state index contributed by atoms with van der Waals surface area (Å²) in [5, 5.41) is 9.81. The maximum atomic E-state index is 9.81. The molecule has 0 saturated carbocycles. The zero-order valence-electron chi connectivity index (χ0n) is 20.3. The van der Waals surface area contributed by atoms with Gasteiger partial charge in [-0.05, 0) is 89.4 Å². The smallest absolute Gasteiger partial charge is 0.175 e. The van der Waals surface area contributed by atoms with Gasteiger partial charge in [0.25, 0.3) is 0 Å². The molecular weight excluding hydrogens is 510 g/mol. The van der Waals surface area contributed by atoms with E-state index in [-0.39, 0.29) is 0 Å². The summed E-state index contributed by atoms with van der Waals surface area (Å²) in [5.41, 5.74) is 3.15. The monoisotopic (exact) mass is 537 g/mol. The van der Waals surface area contributed by atoms with Crippen molar-refractivity contribution in [3.63, 3.8) is 0 Å². The molecule has 0 saturated heterocycles. The van der Waals surface area contributed by atoms with Gasteiger partial charge in [0.1, 0.15) is 19.0 Å².